The molecule has 0 saturated heterocycles. The summed E-state index contributed by atoms with van der Waals surface area (Å²) in [6.07, 6.45) is 5.47. The molecule has 3 rings (SSSR count). The number of pyridine rings is 1. The highest BCUT2D eigenvalue weighted by Crippen LogP contribution is 2.31. The first-order chi connectivity index (χ1) is 9.22. The summed E-state index contributed by atoms with van der Waals surface area (Å²) in [4.78, 5) is 6.50. The third-order valence-electron chi connectivity index (χ3n) is 3.32. The van der Waals surface area contributed by atoms with Gasteiger partial charge in [-0.25, -0.2) is 0 Å². The first-order valence-electron chi connectivity index (χ1n) is 6.32. The number of nitrogens with two attached hydrogens (primary N) is 1. The standard InChI is InChI=1S/C15H15N3S/c16-15(17)14-7-6-13(9-18-14)19-12-5-4-10-2-1-3-11(10)8-12/h4-9H,1-3H2,(H3,16,17). The maximum atomic E-state index is 7.32. The van der Waals surface area contributed by atoms with Gasteiger partial charge in [-0.1, -0.05) is 17.8 Å². The second-order valence-electron chi connectivity index (χ2n) is 4.68. The third-order valence-corrected chi connectivity index (χ3v) is 4.28. The molecule has 0 bridgehead atoms. The molecule has 0 atom stereocenters. The van der Waals surface area contributed by atoms with Gasteiger partial charge in [0.1, 0.15) is 11.5 Å². The van der Waals surface area contributed by atoms with Crippen LogP contribution in [-0.4, -0.2) is 10.8 Å². The van der Waals surface area contributed by atoms with Crippen LogP contribution in [0.25, 0.3) is 0 Å². The van der Waals surface area contributed by atoms with Gasteiger partial charge >= 0.3 is 0 Å². The molecule has 4 heteroatoms. The maximum absolute atomic E-state index is 7.32. The molecule has 0 spiro atoms. The van der Waals surface area contributed by atoms with Gasteiger partial charge in [-0.15, -0.1) is 0 Å². The van der Waals surface area contributed by atoms with Crippen molar-refractivity contribution in [3.05, 3.63) is 53.3 Å². The highest BCUT2D eigenvalue weighted by Gasteiger charge is 2.11. The molecule has 1 heterocycles. The van der Waals surface area contributed by atoms with Crippen LogP contribution < -0.4 is 5.73 Å². The minimum atomic E-state index is 0.00841. The van der Waals surface area contributed by atoms with E-state index in [1.807, 2.05) is 6.07 Å². The monoisotopic (exact) mass is 269 g/mol. The van der Waals surface area contributed by atoms with E-state index in [1.165, 1.54) is 35.3 Å². The van der Waals surface area contributed by atoms with Gasteiger partial charge in [-0.05, 0) is 54.7 Å². The molecule has 0 unspecified atom stereocenters. The Kier molecular flexibility index (Phi) is 3.25. The Labute approximate surface area is 116 Å². The van der Waals surface area contributed by atoms with Crippen molar-refractivity contribution in [2.24, 2.45) is 5.73 Å². The fourth-order valence-corrected chi connectivity index (χ4v) is 3.20. The quantitative estimate of drug-likeness (QED) is 0.665. The van der Waals surface area contributed by atoms with E-state index in [1.54, 1.807) is 24.0 Å². The number of fused-ring (bicyclic) bond motifs is 1. The molecule has 0 amide bonds. The van der Waals surface area contributed by atoms with Gasteiger partial charge in [-0.3, -0.25) is 10.4 Å². The second kappa shape index (κ2) is 5.05. The molecule has 3 N–H and O–H groups in total. The van der Waals surface area contributed by atoms with Crippen LogP contribution in [0.3, 0.4) is 0 Å². The summed E-state index contributed by atoms with van der Waals surface area (Å²) in [5.41, 5.74) is 8.90. The van der Waals surface area contributed by atoms with Crippen molar-refractivity contribution in [2.75, 3.05) is 0 Å². The topological polar surface area (TPSA) is 62.8 Å². The van der Waals surface area contributed by atoms with Crippen LogP contribution in [0.4, 0.5) is 0 Å². The van der Waals surface area contributed by atoms with Crippen LogP contribution in [-0.2, 0) is 12.8 Å². The predicted octanol–water partition coefficient (Wildman–Crippen LogP) is 3.01. The molecule has 2 aromatic rings. The fraction of sp³-hybridized carbons (Fsp3) is 0.200. The minimum Gasteiger partial charge on any atom is -0.382 e. The minimum absolute atomic E-state index is 0.00841. The molecule has 3 nitrogen and oxygen atoms in total. The highest BCUT2D eigenvalue weighted by atomic mass is 32.2. The fourth-order valence-electron chi connectivity index (χ4n) is 2.35. The van der Waals surface area contributed by atoms with Gasteiger partial charge in [0, 0.05) is 16.0 Å². The van der Waals surface area contributed by atoms with Gasteiger partial charge in [0.15, 0.2) is 0 Å². The third kappa shape index (κ3) is 2.63. The Hall–Kier alpha value is -1.81. The van der Waals surface area contributed by atoms with E-state index >= 15 is 0 Å². The lowest BCUT2D eigenvalue weighted by Crippen LogP contribution is -2.12. The Balaban J connectivity index is 1.79. The number of aromatic nitrogens is 1. The van der Waals surface area contributed by atoms with Crippen molar-refractivity contribution in [3.8, 4) is 0 Å². The average Bonchev–Trinajstić information content (AvgIpc) is 2.87. The van der Waals surface area contributed by atoms with Crippen LogP contribution >= 0.6 is 11.8 Å². The zero-order valence-electron chi connectivity index (χ0n) is 10.5. The van der Waals surface area contributed by atoms with Gasteiger partial charge < -0.3 is 5.73 Å². The number of nitrogens with one attached hydrogen (secondary N) is 1. The molecular formula is C15H15N3S. The van der Waals surface area contributed by atoms with E-state index in [0.717, 1.165) is 4.90 Å². The number of benzene rings is 1. The van der Waals surface area contributed by atoms with E-state index in [4.69, 9.17) is 11.1 Å². The van der Waals surface area contributed by atoms with Crippen molar-refractivity contribution >= 4 is 17.6 Å². The van der Waals surface area contributed by atoms with Crippen LogP contribution in [0.5, 0.6) is 0 Å². The first kappa shape index (κ1) is 12.2. The molecule has 1 aromatic carbocycles. The molecule has 96 valence electrons. The van der Waals surface area contributed by atoms with Gasteiger partial charge in [0.2, 0.25) is 0 Å². The summed E-state index contributed by atoms with van der Waals surface area (Å²) in [6, 6.07) is 10.4. The Morgan fingerprint density at radius 3 is 2.63 bits per heavy atom. The molecule has 19 heavy (non-hydrogen) atoms. The van der Waals surface area contributed by atoms with E-state index in [2.05, 4.69) is 23.2 Å². The number of aryl methyl sites for hydroxylation is 2. The zero-order valence-corrected chi connectivity index (χ0v) is 11.3. The summed E-state index contributed by atoms with van der Waals surface area (Å²) in [7, 11) is 0. The maximum Gasteiger partial charge on any atom is 0.141 e. The van der Waals surface area contributed by atoms with Crippen LogP contribution in [0.2, 0.25) is 0 Å². The smallest absolute Gasteiger partial charge is 0.141 e. The molecule has 1 aromatic heterocycles. The van der Waals surface area contributed by atoms with Crippen molar-refractivity contribution in [3.63, 3.8) is 0 Å². The lowest BCUT2D eigenvalue weighted by atomic mass is 10.1. The summed E-state index contributed by atoms with van der Waals surface area (Å²) >= 11 is 1.70. The molecule has 0 saturated carbocycles. The Morgan fingerprint density at radius 2 is 1.89 bits per heavy atom. The largest absolute Gasteiger partial charge is 0.382 e. The Bertz CT molecular complexity index is 620. The Morgan fingerprint density at radius 1 is 1.11 bits per heavy atom. The van der Waals surface area contributed by atoms with Gasteiger partial charge in [0.25, 0.3) is 0 Å². The van der Waals surface area contributed by atoms with Crippen LogP contribution in [0.1, 0.15) is 23.2 Å². The van der Waals surface area contributed by atoms with Crippen molar-refractivity contribution < 1.29 is 0 Å². The summed E-state index contributed by atoms with van der Waals surface area (Å²) < 4.78 is 0. The van der Waals surface area contributed by atoms with E-state index < -0.39 is 0 Å². The van der Waals surface area contributed by atoms with Crippen LogP contribution in [0, 0.1) is 5.41 Å². The number of hydrogen-bond donors (Lipinski definition) is 2. The highest BCUT2D eigenvalue weighted by molar-refractivity contribution is 7.99. The number of nitrogen functional groups attached to an aromatic ring is 1. The van der Waals surface area contributed by atoms with Gasteiger partial charge in [0.05, 0.1) is 0 Å². The average molecular weight is 269 g/mol. The lowest BCUT2D eigenvalue weighted by Gasteiger charge is -2.05. The molecular weight excluding hydrogens is 254 g/mol. The molecule has 1 aliphatic carbocycles. The van der Waals surface area contributed by atoms with Crippen molar-refractivity contribution in [1.29, 1.82) is 5.41 Å². The molecule has 1 aliphatic rings. The van der Waals surface area contributed by atoms with Gasteiger partial charge in [-0.2, -0.15) is 0 Å². The van der Waals surface area contributed by atoms with Crippen molar-refractivity contribution in [1.82, 2.24) is 4.98 Å². The summed E-state index contributed by atoms with van der Waals surface area (Å²) in [5, 5.41) is 7.32. The number of amidine groups is 1. The zero-order chi connectivity index (χ0) is 13.2. The summed E-state index contributed by atoms with van der Waals surface area (Å²) in [6.45, 7) is 0. The number of nitrogens with zero attached hydrogens (tertiary/aromatic N) is 1. The summed E-state index contributed by atoms with van der Waals surface area (Å²) in [5.74, 6) is 0.00841. The van der Waals surface area contributed by atoms with E-state index in [0.29, 0.717) is 5.69 Å². The van der Waals surface area contributed by atoms with E-state index in [-0.39, 0.29) is 5.84 Å². The first-order valence-corrected chi connectivity index (χ1v) is 7.14. The molecule has 0 radical (unpaired) electrons. The number of rotatable bonds is 3. The lowest BCUT2D eigenvalue weighted by molar-refractivity contribution is 0.911. The number of hydrogen-bond acceptors (Lipinski definition) is 3. The predicted molar refractivity (Wildman–Crippen MR) is 77.8 cm³/mol. The molecule has 0 fully saturated rings. The molecule has 0 aliphatic heterocycles. The normalized spacial score (nSPS) is 13.3. The van der Waals surface area contributed by atoms with E-state index in [9.17, 15) is 0 Å². The van der Waals surface area contributed by atoms with Crippen LogP contribution in [0.15, 0.2) is 46.3 Å². The van der Waals surface area contributed by atoms with Crippen molar-refractivity contribution in [2.45, 2.75) is 29.1 Å². The SMILES string of the molecule is N=C(N)c1ccc(Sc2ccc3c(c2)CCC3)cn1. The second-order valence-corrected chi connectivity index (χ2v) is 5.83.